The van der Waals surface area contributed by atoms with E-state index in [4.69, 9.17) is 0 Å². The largest absolute Gasteiger partial charge is 0.243 e. The van der Waals surface area contributed by atoms with E-state index in [1.54, 1.807) is 6.92 Å². The zero-order valence-electron chi connectivity index (χ0n) is 15.3. The standard InChI is InChI=1S/C17H27NO4S2/c1-7-18(16-8-9-23(19,20)10-16)24(21,22)17-14(5)12(3)11(2)13(4)15(17)6/h16H,7-10H2,1-6H3. The van der Waals surface area contributed by atoms with E-state index in [-0.39, 0.29) is 18.1 Å². The van der Waals surface area contributed by atoms with E-state index in [2.05, 4.69) is 0 Å². The van der Waals surface area contributed by atoms with Gasteiger partial charge in [-0.25, -0.2) is 16.8 Å². The highest BCUT2D eigenvalue weighted by atomic mass is 32.2. The molecule has 0 radical (unpaired) electrons. The SMILES string of the molecule is CCN(C1CCS(=O)(=O)C1)S(=O)(=O)c1c(C)c(C)c(C)c(C)c1C. The lowest BCUT2D eigenvalue weighted by Gasteiger charge is -2.29. The van der Waals surface area contributed by atoms with Crippen LogP contribution in [0.25, 0.3) is 0 Å². The van der Waals surface area contributed by atoms with E-state index in [1.807, 2.05) is 34.6 Å². The molecule has 1 atom stereocenters. The molecule has 24 heavy (non-hydrogen) atoms. The highest BCUT2D eigenvalue weighted by Crippen LogP contribution is 2.33. The lowest BCUT2D eigenvalue weighted by atomic mass is 9.95. The van der Waals surface area contributed by atoms with Crippen molar-refractivity contribution in [3.63, 3.8) is 0 Å². The molecular weight excluding hydrogens is 346 g/mol. The van der Waals surface area contributed by atoms with Crippen LogP contribution >= 0.6 is 0 Å². The molecule has 1 fully saturated rings. The summed E-state index contributed by atoms with van der Waals surface area (Å²) in [4.78, 5) is 0.342. The Kier molecular flexibility index (Phi) is 5.19. The fraction of sp³-hybridized carbons (Fsp3) is 0.647. The van der Waals surface area contributed by atoms with E-state index in [1.165, 1.54) is 4.31 Å². The highest BCUT2D eigenvalue weighted by molar-refractivity contribution is 7.92. The summed E-state index contributed by atoms with van der Waals surface area (Å²) >= 11 is 0. The Hall–Kier alpha value is -0.920. The van der Waals surface area contributed by atoms with Gasteiger partial charge in [0.05, 0.1) is 16.4 Å². The summed E-state index contributed by atoms with van der Waals surface area (Å²) < 4.78 is 51.7. The van der Waals surface area contributed by atoms with Gasteiger partial charge in [0.25, 0.3) is 0 Å². The van der Waals surface area contributed by atoms with E-state index >= 15 is 0 Å². The Morgan fingerprint density at radius 2 is 1.42 bits per heavy atom. The monoisotopic (exact) mass is 373 g/mol. The zero-order valence-corrected chi connectivity index (χ0v) is 16.9. The molecule has 1 heterocycles. The summed E-state index contributed by atoms with van der Waals surface area (Å²) in [6, 6.07) is -0.467. The lowest BCUT2D eigenvalue weighted by Crippen LogP contribution is -2.41. The topological polar surface area (TPSA) is 71.5 Å². The Balaban J connectivity index is 2.62. The molecule has 5 nitrogen and oxygen atoms in total. The number of sulfone groups is 1. The van der Waals surface area contributed by atoms with Gasteiger partial charge < -0.3 is 0 Å². The fourth-order valence-corrected chi connectivity index (χ4v) is 7.65. The van der Waals surface area contributed by atoms with Gasteiger partial charge in [0.15, 0.2) is 9.84 Å². The quantitative estimate of drug-likeness (QED) is 0.813. The molecule has 0 aliphatic carbocycles. The van der Waals surface area contributed by atoms with Crippen LogP contribution in [0.4, 0.5) is 0 Å². The number of benzene rings is 1. The van der Waals surface area contributed by atoms with Crippen molar-refractivity contribution in [2.45, 2.75) is 58.9 Å². The Morgan fingerprint density at radius 1 is 0.958 bits per heavy atom. The molecule has 0 aromatic heterocycles. The summed E-state index contributed by atoms with van der Waals surface area (Å²) in [6.45, 7) is 11.6. The van der Waals surface area contributed by atoms with Gasteiger partial charge in [-0.05, 0) is 68.9 Å². The maximum absolute atomic E-state index is 13.3. The van der Waals surface area contributed by atoms with Gasteiger partial charge in [-0.3, -0.25) is 0 Å². The first-order valence-electron chi connectivity index (χ1n) is 8.23. The predicted octanol–water partition coefficient (Wildman–Crippen LogP) is 2.43. The molecule has 0 spiro atoms. The van der Waals surface area contributed by atoms with Gasteiger partial charge in [-0.15, -0.1) is 0 Å². The van der Waals surface area contributed by atoms with Crippen LogP contribution in [-0.2, 0) is 19.9 Å². The third kappa shape index (κ3) is 3.13. The molecule has 1 aromatic rings. The smallest absolute Gasteiger partial charge is 0.229 e. The van der Waals surface area contributed by atoms with Crippen molar-refractivity contribution >= 4 is 19.9 Å². The molecule has 0 amide bonds. The van der Waals surface area contributed by atoms with Crippen molar-refractivity contribution in [3.8, 4) is 0 Å². The molecular formula is C17H27NO4S2. The zero-order chi connectivity index (χ0) is 18.4. The number of hydrogen-bond acceptors (Lipinski definition) is 4. The first-order valence-corrected chi connectivity index (χ1v) is 11.5. The fourth-order valence-electron chi connectivity index (χ4n) is 3.60. The minimum atomic E-state index is -3.74. The number of sulfonamides is 1. The normalized spacial score (nSPS) is 20.7. The second-order valence-electron chi connectivity index (χ2n) is 6.72. The average Bonchev–Trinajstić information content (AvgIpc) is 2.83. The van der Waals surface area contributed by atoms with Gasteiger partial charge in [0.2, 0.25) is 10.0 Å². The van der Waals surface area contributed by atoms with Crippen LogP contribution in [0.15, 0.2) is 4.90 Å². The van der Waals surface area contributed by atoms with Crippen molar-refractivity contribution in [2.75, 3.05) is 18.1 Å². The molecule has 1 aliphatic heterocycles. The molecule has 0 bridgehead atoms. The summed E-state index contributed by atoms with van der Waals surface area (Å²) in [5.41, 5.74) is 4.58. The molecule has 1 saturated heterocycles. The van der Waals surface area contributed by atoms with E-state index in [9.17, 15) is 16.8 Å². The van der Waals surface area contributed by atoms with Crippen LogP contribution in [0.3, 0.4) is 0 Å². The van der Waals surface area contributed by atoms with Gasteiger partial charge in [0, 0.05) is 12.6 Å². The van der Waals surface area contributed by atoms with Crippen LogP contribution in [0.1, 0.15) is 41.2 Å². The summed E-state index contributed by atoms with van der Waals surface area (Å²) in [6.07, 6.45) is 0.372. The highest BCUT2D eigenvalue weighted by Gasteiger charge is 2.39. The molecule has 1 unspecified atom stereocenters. The number of rotatable bonds is 4. The maximum atomic E-state index is 13.3. The number of hydrogen-bond donors (Lipinski definition) is 0. The summed E-state index contributed by atoms with van der Waals surface area (Å²) in [5.74, 6) is -0.0183. The van der Waals surface area contributed by atoms with Crippen molar-refractivity contribution in [1.82, 2.24) is 4.31 Å². The molecule has 0 saturated carbocycles. The average molecular weight is 374 g/mol. The Labute approximate surface area is 146 Å². The van der Waals surface area contributed by atoms with Gasteiger partial charge in [-0.2, -0.15) is 4.31 Å². The van der Waals surface area contributed by atoms with Crippen LogP contribution in [0.5, 0.6) is 0 Å². The predicted molar refractivity (Wildman–Crippen MR) is 96.8 cm³/mol. The third-order valence-corrected chi connectivity index (χ3v) is 9.48. The third-order valence-electron chi connectivity index (χ3n) is 5.43. The lowest BCUT2D eigenvalue weighted by molar-refractivity contribution is 0.354. The Bertz CT molecular complexity index is 841. The van der Waals surface area contributed by atoms with E-state index in [0.717, 1.165) is 27.8 Å². The minimum absolute atomic E-state index is 0.0631. The van der Waals surface area contributed by atoms with Gasteiger partial charge in [0.1, 0.15) is 0 Å². The minimum Gasteiger partial charge on any atom is -0.229 e. The molecule has 1 aliphatic rings. The Morgan fingerprint density at radius 3 is 1.79 bits per heavy atom. The van der Waals surface area contributed by atoms with Gasteiger partial charge in [-0.1, -0.05) is 6.92 Å². The van der Waals surface area contributed by atoms with E-state index in [0.29, 0.717) is 11.3 Å². The summed E-state index contributed by atoms with van der Waals surface area (Å²) in [7, 11) is -6.88. The van der Waals surface area contributed by atoms with Crippen LogP contribution in [-0.4, -0.2) is 45.2 Å². The molecule has 7 heteroatoms. The second kappa shape index (κ2) is 6.42. The van der Waals surface area contributed by atoms with Gasteiger partial charge >= 0.3 is 0 Å². The first-order chi connectivity index (χ1) is 10.9. The summed E-state index contributed by atoms with van der Waals surface area (Å²) in [5, 5.41) is 0. The molecule has 1 aromatic carbocycles. The van der Waals surface area contributed by atoms with Crippen molar-refractivity contribution < 1.29 is 16.8 Å². The molecule has 2 rings (SSSR count). The van der Waals surface area contributed by atoms with Crippen molar-refractivity contribution in [1.29, 1.82) is 0 Å². The molecule has 136 valence electrons. The van der Waals surface area contributed by atoms with Crippen LogP contribution < -0.4 is 0 Å². The first kappa shape index (κ1) is 19.4. The van der Waals surface area contributed by atoms with Crippen LogP contribution in [0.2, 0.25) is 0 Å². The number of nitrogens with zero attached hydrogens (tertiary/aromatic N) is 1. The van der Waals surface area contributed by atoms with E-state index < -0.39 is 25.9 Å². The molecule has 0 N–H and O–H groups in total. The van der Waals surface area contributed by atoms with Crippen molar-refractivity contribution in [3.05, 3.63) is 27.8 Å². The van der Waals surface area contributed by atoms with Crippen LogP contribution in [0, 0.1) is 34.6 Å². The maximum Gasteiger partial charge on any atom is 0.243 e. The second-order valence-corrected chi connectivity index (χ2v) is 10.8. The van der Waals surface area contributed by atoms with Crippen molar-refractivity contribution in [2.24, 2.45) is 0 Å².